The minimum Gasteiger partial charge on any atom is -0.325 e. The van der Waals surface area contributed by atoms with Gasteiger partial charge in [-0.05, 0) is 38.7 Å². The third-order valence-corrected chi connectivity index (χ3v) is 7.23. The summed E-state index contributed by atoms with van der Waals surface area (Å²) in [6, 6.07) is 2.23. The summed E-state index contributed by atoms with van der Waals surface area (Å²) >= 11 is 7.09. The van der Waals surface area contributed by atoms with Crippen LogP contribution in [0.1, 0.15) is 17.5 Å². The molecule has 8 nitrogen and oxygen atoms in total. The molecule has 2 atom stereocenters. The van der Waals surface area contributed by atoms with Gasteiger partial charge in [0.05, 0.1) is 11.1 Å². The van der Waals surface area contributed by atoms with E-state index in [0.717, 1.165) is 10.4 Å². The Labute approximate surface area is 177 Å². The molecule has 1 saturated heterocycles. The number of benzene rings is 1. The van der Waals surface area contributed by atoms with Crippen LogP contribution in [-0.2, 0) is 15.0 Å². The molecule has 0 unspecified atom stereocenters. The number of thiazole rings is 1. The molecule has 1 amide bonds. The summed E-state index contributed by atoms with van der Waals surface area (Å²) in [4.78, 5) is 19.0. The second kappa shape index (κ2) is 9.02. The summed E-state index contributed by atoms with van der Waals surface area (Å²) in [5, 5.41) is 4.85. The van der Waals surface area contributed by atoms with Crippen molar-refractivity contribution >= 4 is 44.7 Å². The standard InChI is InChI=1S/C17H21ClFN5O3S2/c1-23(2)6-7-24-15(16(25)21-11-3-4-13(19)12(18)9-11)10-14(22-29(24,26)27)17-20-5-8-28-17/h3-5,8-9,14-15,22H,6-7,10H2,1-2H3,(H,21,25)/t14-,15+/m1/s1. The first kappa shape index (κ1) is 22.1. The number of carbonyl (C=O) groups excluding carboxylic acids is 1. The van der Waals surface area contributed by atoms with E-state index in [0.29, 0.717) is 11.6 Å². The second-order valence-electron chi connectivity index (χ2n) is 6.83. The van der Waals surface area contributed by atoms with Crippen molar-refractivity contribution in [1.82, 2.24) is 18.9 Å². The Bertz CT molecular complexity index is 971. The van der Waals surface area contributed by atoms with Crippen LogP contribution in [0.2, 0.25) is 5.02 Å². The van der Waals surface area contributed by atoms with Gasteiger partial charge in [-0.1, -0.05) is 11.6 Å². The number of nitrogens with one attached hydrogen (secondary N) is 2. The highest BCUT2D eigenvalue weighted by atomic mass is 35.5. The molecule has 1 aromatic carbocycles. The molecule has 0 bridgehead atoms. The average Bonchev–Trinajstić information content (AvgIpc) is 3.17. The largest absolute Gasteiger partial charge is 0.325 e. The molecule has 0 aliphatic carbocycles. The van der Waals surface area contributed by atoms with E-state index >= 15 is 0 Å². The fraction of sp³-hybridized carbons (Fsp3) is 0.412. The van der Waals surface area contributed by atoms with Crippen LogP contribution >= 0.6 is 22.9 Å². The molecule has 3 rings (SSSR count). The van der Waals surface area contributed by atoms with Crippen molar-refractivity contribution in [3.8, 4) is 0 Å². The Hall–Kier alpha value is -1.63. The van der Waals surface area contributed by atoms with E-state index in [1.807, 2.05) is 19.0 Å². The van der Waals surface area contributed by atoms with Crippen molar-refractivity contribution in [1.29, 1.82) is 0 Å². The molecule has 158 valence electrons. The van der Waals surface area contributed by atoms with Crippen LogP contribution in [0.4, 0.5) is 10.1 Å². The van der Waals surface area contributed by atoms with E-state index in [1.54, 1.807) is 11.6 Å². The van der Waals surface area contributed by atoms with Crippen LogP contribution < -0.4 is 10.0 Å². The molecule has 1 aromatic heterocycles. The predicted octanol–water partition coefficient (Wildman–Crippen LogP) is 2.09. The molecule has 2 aromatic rings. The van der Waals surface area contributed by atoms with Crippen molar-refractivity contribution in [3.05, 3.63) is 45.6 Å². The molecule has 1 fully saturated rings. The van der Waals surface area contributed by atoms with E-state index in [-0.39, 0.29) is 23.7 Å². The van der Waals surface area contributed by atoms with Gasteiger partial charge in [-0.3, -0.25) is 4.79 Å². The topological polar surface area (TPSA) is 94.6 Å². The van der Waals surface area contributed by atoms with Gasteiger partial charge in [-0.2, -0.15) is 17.4 Å². The van der Waals surface area contributed by atoms with E-state index in [1.165, 1.54) is 23.5 Å². The van der Waals surface area contributed by atoms with Gasteiger partial charge in [-0.15, -0.1) is 11.3 Å². The number of hydrogen-bond donors (Lipinski definition) is 2. The number of aromatic nitrogens is 1. The molecule has 0 radical (unpaired) electrons. The quantitative estimate of drug-likeness (QED) is 0.686. The highest BCUT2D eigenvalue weighted by molar-refractivity contribution is 7.87. The molecule has 1 aliphatic rings. The number of rotatable bonds is 6. The Morgan fingerprint density at radius 3 is 2.86 bits per heavy atom. The maximum absolute atomic E-state index is 13.4. The normalized spacial score (nSPS) is 22.0. The summed E-state index contributed by atoms with van der Waals surface area (Å²) in [5.74, 6) is -1.12. The maximum Gasteiger partial charge on any atom is 0.280 e. The molecular weight excluding hydrogens is 441 g/mol. The lowest BCUT2D eigenvalue weighted by atomic mass is 10.1. The van der Waals surface area contributed by atoms with Crippen molar-refractivity contribution < 1.29 is 17.6 Å². The number of carbonyl (C=O) groups is 1. The Balaban J connectivity index is 1.87. The van der Waals surface area contributed by atoms with Gasteiger partial charge in [0.2, 0.25) is 5.91 Å². The summed E-state index contributed by atoms with van der Waals surface area (Å²) < 4.78 is 42.9. The monoisotopic (exact) mass is 461 g/mol. The Kier molecular flexibility index (Phi) is 6.87. The predicted molar refractivity (Wildman–Crippen MR) is 111 cm³/mol. The second-order valence-corrected chi connectivity index (χ2v) is 9.82. The van der Waals surface area contributed by atoms with E-state index in [4.69, 9.17) is 11.6 Å². The zero-order valence-electron chi connectivity index (χ0n) is 15.8. The van der Waals surface area contributed by atoms with Crippen LogP contribution in [0, 0.1) is 5.82 Å². The number of halogens is 2. The summed E-state index contributed by atoms with van der Waals surface area (Å²) in [6.45, 7) is 0.574. The van der Waals surface area contributed by atoms with Crippen LogP contribution in [0.3, 0.4) is 0 Å². The smallest absolute Gasteiger partial charge is 0.280 e. The summed E-state index contributed by atoms with van der Waals surface area (Å²) in [5.41, 5.74) is 0.288. The van der Waals surface area contributed by atoms with Crippen LogP contribution in [-0.4, -0.2) is 61.7 Å². The first-order valence-corrected chi connectivity index (χ1v) is 11.5. The lowest BCUT2D eigenvalue weighted by Gasteiger charge is -2.38. The van der Waals surface area contributed by atoms with Crippen molar-refractivity contribution in [3.63, 3.8) is 0 Å². The average molecular weight is 462 g/mol. The van der Waals surface area contributed by atoms with E-state index in [2.05, 4.69) is 15.0 Å². The molecule has 1 aliphatic heterocycles. The van der Waals surface area contributed by atoms with Crippen LogP contribution in [0.25, 0.3) is 0 Å². The molecule has 2 N–H and O–H groups in total. The highest BCUT2D eigenvalue weighted by Crippen LogP contribution is 2.30. The minimum absolute atomic E-state index is 0.133. The number of nitrogens with zero attached hydrogens (tertiary/aromatic N) is 3. The third-order valence-electron chi connectivity index (χ3n) is 4.41. The number of hydrogen-bond acceptors (Lipinski definition) is 6. The number of likely N-dealkylation sites (N-methyl/N-ethyl adjacent to an activating group) is 1. The van der Waals surface area contributed by atoms with E-state index in [9.17, 15) is 17.6 Å². The van der Waals surface area contributed by atoms with Gasteiger partial charge in [0, 0.05) is 30.4 Å². The first-order chi connectivity index (χ1) is 13.7. The Morgan fingerprint density at radius 1 is 1.48 bits per heavy atom. The molecule has 0 spiro atoms. The van der Waals surface area contributed by atoms with Crippen molar-refractivity contribution in [2.75, 3.05) is 32.5 Å². The lowest BCUT2D eigenvalue weighted by Crippen LogP contribution is -2.58. The number of amides is 1. The SMILES string of the molecule is CN(C)CCN1[C@H](C(=O)Nc2ccc(F)c(Cl)c2)C[C@H](c2nccs2)NS1(=O)=O. The molecule has 29 heavy (non-hydrogen) atoms. The fourth-order valence-corrected chi connectivity index (χ4v) is 5.47. The molecule has 2 heterocycles. The first-order valence-electron chi connectivity index (χ1n) is 8.76. The van der Waals surface area contributed by atoms with Gasteiger partial charge < -0.3 is 10.2 Å². The molecule has 0 saturated carbocycles. The lowest BCUT2D eigenvalue weighted by molar-refractivity contribution is -0.120. The molecule has 12 heteroatoms. The van der Waals surface area contributed by atoms with Crippen molar-refractivity contribution in [2.24, 2.45) is 0 Å². The van der Waals surface area contributed by atoms with Gasteiger partial charge in [0.25, 0.3) is 10.2 Å². The van der Waals surface area contributed by atoms with Gasteiger partial charge in [0.1, 0.15) is 16.9 Å². The van der Waals surface area contributed by atoms with E-state index < -0.39 is 34.0 Å². The Morgan fingerprint density at radius 2 is 2.24 bits per heavy atom. The van der Waals surface area contributed by atoms with Crippen LogP contribution in [0.5, 0.6) is 0 Å². The van der Waals surface area contributed by atoms with Gasteiger partial charge in [-0.25, -0.2) is 9.37 Å². The highest BCUT2D eigenvalue weighted by Gasteiger charge is 2.43. The fourth-order valence-electron chi connectivity index (χ4n) is 2.97. The van der Waals surface area contributed by atoms with Gasteiger partial charge in [0.15, 0.2) is 0 Å². The zero-order valence-corrected chi connectivity index (χ0v) is 18.2. The maximum atomic E-state index is 13.4. The van der Waals surface area contributed by atoms with Crippen molar-refractivity contribution in [2.45, 2.75) is 18.5 Å². The molecular formula is C17H21ClFN5O3S2. The summed E-state index contributed by atoms with van der Waals surface area (Å²) in [7, 11) is -0.284. The number of anilines is 1. The zero-order chi connectivity index (χ0) is 21.2. The third kappa shape index (κ3) is 5.30. The minimum atomic E-state index is -3.92. The van der Waals surface area contributed by atoms with Gasteiger partial charge >= 0.3 is 0 Å². The summed E-state index contributed by atoms with van der Waals surface area (Å²) in [6.07, 6.45) is 1.79. The van der Waals surface area contributed by atoms with Crippen LogP contribution in [0.15, 0.2) is 29.8 Å².